The van der Waals surface area contributed by atoms with Crippen molar-refractivity contribution < 1.29 is 31.4 Å². The minimum atomic E-state index is -3.27. The summed E-state index contributed by atoms with van der Waals surface area (Å²) >= 11 is 1.06. The average Bonchev–Trinajstić information content (AvgIpc) is 3.57. The molecule has 1 aliphatic rings. The van der Waals surface area contributed by atoms with Gasteiger partial charge in [-0.2, -0.15) is 4.98 Å². The molecular formula is C28H32F4N5O3PS. The first kappa shape index (κ1) is 30.3. The number of hydrogen-bond acceptors (Lipinski definition) is 9. The van der Waals surface area contributed by atoms with E-state index in [0.29, 0.717) is 40.1 Å². The van der Waals surface area contributed by atoms with Crippen molar-refractivity contribution in [2.75, 3.05) is 51.2 Å². The van der Waals surface area contributed by atoms with Gasteiger partial charge in [0.25, 0.3) is 6.43 Å². The van der Waals surface area contributed by atoms with E-state index in [9.17, 15) is 17.7 Å². The lowest BCUT2D eigenvalue weighted by Crippen LogP contribution is -2.46. The van der Waals surface area contributed by atoms with Crippen LogP contribution in [-0.2, 0) is 11.1 Å². The number of aromatic nitrogens is 2. The van der Waals surface area contributed by atoms with Gasteiger partial charge in [-0.25, -0.2) is 17.6 Å². The van der Waals surface area contributed by atoms with Crippen molar-refractivity contribution in [3.8, 4) is 16.5 Å². The Morgan fingerprint density at radius 2 is 2.00 bits per heavy atom. The Bertz CT molecular complexity index is 1610. The van der Waals surface area contributed by atoms with Crippen molar-refractivity contribution in [2.45, 2.75) is 37.8 Å². The van der Waals surface area contributed by atoms with Crippen LogP contribution in [0.2, 0.25) is 0 Å². The highest BCUT2D eigenvalue weighted by Crippen LogP contribution is 2.46. The van der Waals surface area contributed by atoms with Gasteiger partial charge >= 0.3 is 0 Å². The van der Waals surface area contributed by atoms with E-state index in [1.807, 2.05) is 11.9 Å². The molecule has 1 saturated heterocycles. The van der Waals surface area contributed by atoms with E-state index in [0.717, 1.165) is 11.3 Å². The van der Waals surface area contributed by atoms with E-state index < -0.39 is 32.0 Å². The molecule has 3 unspecified atom stereocenters. The minimum Gasteiger partial charge on any atom is -0.495 e. The molecule has 4 aromatic rings. The number of rotatable bonds is 10. The summed E-state index contributed by atoms with van der Waals surface area (Å²) in [5.74, 6) is 0.578. The Morgan fingerprint density at radius 3 is 2.69 bits per heavy atom. The lowest BCUT2D eigenvalue weighted by Gasteiger charge is -2.33. The number of anilines is 2. The third-order valence-corrected chi connectivity index (χ3v) is 10.0. The van der Waals surface area contributed by atoms with Gasteiger partial charge in [0.15, 0.2) is 6.17 Å². The SMILES string of the molecule is COc1cc(P(C)(C)=O)ccc1NCc1nc(-c2sc3c(NC4CCN(C)CC4F)cccc3c2C(F)C(F)F)no1. The highest BCUT2D eigenvalue weighted by molar-refractivity contribution is 7.70. The summed E-state index contributed by atoms with van der Waals surface area (Å²) in [4.78, 5) is 6.38. The van der Waals surface area contributed by atoms with Gasteiger partial charge in [-0.15, -0.1) is 11.3 Å². The van der Waals surface area contributed by atoms with E-state index >= 15 is 4.39 Å². The molecule has 2 aromatic heterocycles. The molecule has 5 rings (SSSR count). The second kappa shape index (κ2) is 12.2. The molecule has 3 atom stereocenters. The number of nitrogens with one attached hydrogen (secondary N) is 2. The first-order valence-corrected chi connectivity index (χ1v) is 16.7. The van der Waals surface area contributed by atoms with Crippen LogP contribution in [-0.4, -0.2) is 74.3 Å². The van der Waals surface area contributed by atoms with Crippen molar-refractivity contribution in [2.24, 2.45) is 0 Å². The molecule has 0 aliphatic carbocycles. The standard InChI is InChI=1S/C28H32F4N5O3PS/c1-37-11-10-18(17(29)14-37)34-20-7-5-6-16-23(24(30)27(31)32)26(42-25(16)20)28-35-22(40-36-28)13-33-19-9-8-15(41(3,4)38)12-21(19)39-2/h5-9,12,17-18,24,27,33-34H,10-11,13-14H2,1-4H3. The molecule has 1 fully saturated rings. The lowest BCUT2D eigenvalue weighted by atomic mass is 10.0. The first-order valence-electron chi connectivity index (χ1n) is 13.3. The molecule has 0 saturated carbocycles. The van der Waals surface area contributed by atoms with Crippen molar-refractivity contribution in [1.82, 2.24) is 15.0 Å². The maximum Gasteiger partial charge on any atom is 0.273 e. The lowest BCUT2D eigenvalue weighted by molar-refractivity contribution is 0.0507. The Labute approximate surface area is 244 Å². The van der Waals surface area contributed by atoms with Crippen LogP contribution in [0.25, 0.3) is 20.8 Å². The number of piperidine rings is 1. The van der Waals surface area contributed by atoms with Gasteiger partial charge in [-0.3, -0.25) is 0 Å². The Kier molecular flexibility index (Phi) is 8.82. The van der Waals surface area contributed by atoms with Crippen LogP contribution in [0, 0.1) is 0 Å². The third kappa shape index (κ3) is 6.28. The average molecular weight is 626 g/mol. The molecule has 3 heterocycles. The molecule has 14 heteroatoms. The Balaban J connectivity index is 1.44. The maximum atomic E-state index is 15.1. The Morgan fingerprint density at radius 1 is 1.21 bits per heavy atom. The van der Waals surface area contributed by atoms with Crippen LogP contribution in [0.5, 0.6) is 5.75 Å². The molecule has 0 radical (unpaired) electrons. The number of nitrogens with zero attached hydrogens (tertiary/aromatic N) is 3. The number of benzene rings is 2. The fraction of sp³-hybridized carbons (Fsp3) is 0.429. The highest BCUT2D eigenvalue weighted by Gasteiger charge is 2.33. The molecular weight excluding hydrogens is 593 g/mol. The van der Waals surface area contributed by atoms with Crippen LogP contribution < -0.4 is 20.7 Å². The normalized spacial score (nSPS) is 18.9. The number of hydrogen-bond donors (Lipinski definition) is 2. The third-order valence-electron chi connectivity index (χ3n) is 7.24. The van der Waals surface area contributed by atoms with Crippen molar-refractivity contribution in [3.05, 3.63) is 47.9 Å². The van der Waals surface area contributed by atoms with Gasteiger partial charge in [0.2, 0.25) is 11.7 Å². The van der Waals surface area contributed by atoms with Crippen molar-refractivity contribution in [1.29, 1.82) is 0 Å². The zero-order chi connectivity index (χ0) is 30.2. The zero-order valence-corrected chi connectivity index (χ0v) is 25.2. The van der Waals surface area contributed by atoms with Gasteiger partial charge in [0.05, 0.1) is 40.6 Å². The summed E-state index contributed by atoms with van der Waals surface area (Å²) < 4.78 is 81.0. The molecule has 1 aliphatic heterocycles. The van der Waals surface area contributed by atoms with Crippen molar-refractivity contribution in [3.63, 3.8) is 0 Å². The predicted molar refractivity (Wildman–Crippen MR) is 159 cm³/mol. The fourth-order valence-electron chi connectivity index (χ4n) is 4.99. The summed E-state index contributed by atoms with van der Waals surface area (Å²) in [7, 11) is 0.851. The van der Waals surface area contributed by atoms with Crippen LogP contribution in [0.1, 0.15) is 24.0 Å². The topological polar surface area (TPSA) is 92.5 Å². The van der Waals surface area contributed by atoms with E-state index in [-0.39, 0.29) is 40.6 Å². The molecule has 0 spiro atoms. The summed E-state index contributed by atoms with van der Waals surface area (Å²) in [6.45, 7) is 4.38. The number of halogens is 4. The van der Waals surface area contributed by atoms with E-state index in [2.05, 4.69) is 20.8 Å². The van der Waals surface area contributed by atoms with Crippen LogP contribution >= 0.6 is 18.5 Å². The predicted octanol–water partition coefficient (Wildman–Crippen LogP) is 6.55. The van der Waals surface area contributed by atoms with Gasteiger partial charge in [-0.1, -0.05) is 17.3 Å². The van der Waals surface area contributed by atoms with E-state index in [1.165, 1.54) is 7.11 Å². The summed E-state index contributed by atoms with van der Waals surface area (Å²) in [6.07, 6.45) is -6.42. The second-order valence-corrected chi connectivity index (χ2v) is 14.9. The molecule has 42 heavy (non-hydrogen) atoms. The van der Waals surface area contributed by atoms with E-state index in [1.54, 1.807) is 49.7 Å². The number of methoxy groups -OCH3 is 1. The smallest absolute Gasteiger partial charge is 0.273 e. The number of likely N-dealkylation sites (tertiary alicyclic amines) is 1. The second-order valence-electron chi connectivity index (χ2n) is 10.7. The summed E-state index contributed by atoms with van der Waals surface area (Å²) in [6, 6.07) is 9.62. The minimum absolute atomic E-state index is 0.0277. The van der Waals surface area contributed by atoms with Gasteiger partial charge < -0.3 is 29.4 Å². The van der Waals surface area contributed by atoms with Gasteiger partial charge in [0.1, 0.15) is 19.1 Å². The van der Waals surface area contributed by atoms with Gasteiger partial charge in [0, 0.05) is 29.3 Å². The van der Waals surface area contributed by atoms with Gasteiger partial charge in [-0.05, 0) is 51.1 Å². The number of alkyl halides is 4. The monoisotopic (exact) mass is 625 g/mol. The quantitative estimate of drug-likeness (QED) is 0.152. The largest absolute Gasteiger partial charge is 0.495 e. The number of fused-ring (bicyclic) bond motifs is 1. The van der Waals surface area contributed by atoms with Crippen molar-refractivity contribution >= 4 is 45.2 Å². The Hall–Kier alpha value is -3.15. The fourth-order valence-corrected chi connectivity index (χ4v) is 7.08. The highest BCUT2D eigenvalue weighted by atomic mass is 32.1. The van der Waals surface area contributed by atoms with Crippen LogP contribution in [0.4, 0.5) is 28.9 Å². The van der Waals surface area contributed by atoms with Crippen LogP contribution in [0.15, 0.2) is 40.9 Å². The first-order chi connectivity index (χ1) is 20.0. The number of ether oxygens (including phenoxy) is 1. The molecule has 0 bridgehead atoms. The van der Waals surface area contributed by atoms with Crippen LogP contribution in [0.3, 0.4) is 0 Å². The molecule has 2 aromatic carbocycles. The molecule has 226 valence electrons. The van der Waals surface area contributed by atoms with E-state index in [4.69, 9.17) is 9.26 Å². The maximum absolute atomic E-state index is 15.1. The summed E-state index contributed by atoms with van der Waals surface area (Å²) in [5.41, 5.74) is 0.901. The summed E-state index contributed by atoms with van der Waals surface area (Å²) in [5, 5.41) is 11.3. The molecule has 0 amide bonds. The molecule has 2 N–H and O–H groups in total. The zero-order valence-electron chi connectivity index (χ0n) is 23.5. The number of thiophene rings is 1. The molecule has 8 nitrogen and oxygen atoms in total.